The molecule has 0 fully saturated rings. The van der Waals surface area contributed by atoms with Gasteiger partial charge in [-0.25, -0.2) is 15.9 Å². The quantitative estimate of drug-likeness (QED) is 0.137. The topological polar surface area (TPSA) is 159 Å². The highest BCUT2D eigenvalue weighted by Crippen LogP contribution is 2.38. The van der Waals surface area contributed by atoms with Crippen molar-refractivity contribution in [1.29, 1.82) is 0 Å². The Bertz CT molecular complexity index is 2150. The van der Waals surface area contributed by atoms with Crippen molar-refractivity contribution in [3.05, 3.63) is 118 Å². The van der Waals surface area contributed by atoms with Crippen LogP contribution in [0.1, 0.15) is 99.4 Å². The molecule has 3 N–H and O–H groups in total. The number of carbonyl (C=O) groups is 2. The summed E-state index contributed by atoms with van der Waals surface area (Å²) >= 11 is 5.49. The number of nitrogens with two attached hydrogens (primary N) is 1. The number of amides is 1. The van der Waals surface area contributed by atoms with Gasteiger partial charge < -0.3 is 28.6 Å². The largest absolute Gasteiger partial charge is 0.486 e. The van der Waals surface area contributed by atoms with E-state index in [0.29, 0.717) is 85.1 Å². The maximum Gasteiger partial charge on any atom is 0.270 e. The molecule has 0 unspecified atom stereocenters. The molecular formula is C44H55ClN6O8. The lowest BCUT2D eigenvalue weighted by Crippen LogP contribution is -2.54. The van der Waals surface area contributed by atoms with Crippen LogP contribution in [0.25, 0.3) is 0 Å². The smallest absolute Gasteiger partial charge is 0.270 e. The molecule has 4 heterocycles. The lowest BCUT2D eigenvalue weighted by atomic mass is 10.0. The van der Waals surface area contributed by atoms with Crippen molar-refractivity contribution >= 4 is 34.4 Å². The molecule has 0 saturated carbocycles. The van der Waals surface area contributed by atoms with Crippen LogP contribution in [0.15, 0.2) is 95.2 Å². The van der Waals surface area contributed by atoms with E-state index in [1.54, 1.807) is 29.3 Å². The molecule has 0 radical (unpaired) electrons. The third-order valence-corrected chi connectivity index (χ3v) is 9.54. The summed E-state index contributed by atoms with van der Waals surface area (Å²) in [6.07, 6.45) is 1.34. The van der Waals surface area contributed by atoms with E-state index < -0.39 is 16.7 Å². The van der Waals surface area contributed by atoms with Crippen molar-refractivity contribution in [2.45, 2.75) is 80.7 Å². The fourth-order valence-electron chi connectivity index (χ4n) is 6.33. The zero-order valence-corrected chi connectivity index (χ0v) is 33.6. The van der Waals surface area contributed by atoms with Crippen molar-refractivity contribution in [3.8, 4) is 23.0 Å². The van der Waals surface area contributed by atoms with Gasteiger partial charge in [0, 0.05) is 33.4 Å². The van der Waals surface area contributed by atoms with E-state index >= 15 is 0 Å². The van der Waals surface area contributed by atoms with Crippen LogP contribution in [0.5, 0.6) is 23.0 Å². The molecule has 0 atom stereocenters. The van der Waals surface area contributed by atoms with Gasteiger partial charge in [0.15, 0.2) is 34.7 Å². The van der Waals surface area contributed by atoms with Gasteiger partial charge in [-0.2, -0.15) is 0 Å². The lowest BCUT2D eigenvalue weighted by molar-refractivity contribution is -0.0824. The zero-order chi connectivity index (χ0) is 40.7. The van der Waals surface area contributed by atoms with E-state index in [1.807, 2.05) is 102 Å². The van der Waals surface area contributed by atoms with Gasteiger partial charge in [0.2, 0.25) is 11.4 Å². The van der Waals surface area contributed by atoms with Gasteiger partial charge in [-0.3, -0.25) is 15.0 Å². The first kappa shape index (κ1) is 45.7. The second-order valence-electron chi connectivity index (χ2n) is 14.0. The van der Waals surface area contributed by atoms with Crippen molar-refractivity contribution < 1.29 is 38.2 Å². The first-order chi connectivity index (χ1) is 27.4. The number of benzene rings is 4. The van der Waals surface area contributed by atoms with Crippen molar-refractivity contribution in [2.24, 2.45) is 16.2 Å². The molecule has 4 aromatic rings. The van der Waals surface area contributed by atoms with E-state index in [2.05, 4.69) is 15.7 Å². The van der Waals surface area contributed by atoms with Crippen LogP contribution < -0.4 is 30.2 Å². The van der Waals surface area contributed by atoms with Gasteiger partial charge in [-0.05, 0) is 76.4 Å². The van der Waals surface area contributed by atoms with Crippen LogP contribution in [-0.2, 0) is 22.5 Å². The minimum absolute atomic E-state index is 0. The number of carbonyl (C=O) groups excluding carboxylic acids is 2. The average Bonchev–Trinajstić information content (AvgIpc) is 3.68. The Morgan fingerprint density at radius 1 is 0.661 bits per heavy atom. The molecule has 316 valence electrons. The molecule has 14 nitrogen and oxygen atoms in total. The monoisotopic (exact) mass is 830 g/mol. The number of halogens is 1. The third-order valence-electron chi connectivity index (χ3n) is 9.33. The van der Waals surface area contributed by atoms with E-state index in [4.69, 9.17) is 46.1 Å². The summed E-state index contributed by atoms with van der Waals surface area (Å²) in [5.74, 6) is 9.51. The van der Waals surface area contributed by atoms with Crippen LogP contribution in [-0.4, -0.2) is 70.7 Å². The predicted octanol–water partition coefficient (Wildman–Crippen LogP) is 8.06. The SMILES string of the molecule is C.C.CC1(C)ON=C(c2ccccc2)N1N.CCc1c(C(=O)Cl)ccc2c1OCCO2.CCc1c(C(=O)NN2C(c3ccccc3)=NOC2(C)C)ccc2c1OCCO2. The maximum absolute atomic E-state index is 13.2. The normalized spacial score (nSPS) is 16.1. The van der Waals surface area contributed by atoms with Crippen LogP contribution in [0.2, 0.25) is 0 Å². The number of hydrogen-bond acceptors (Lipinski definition) is 13. The number of amidine groups is 2. The number of hydrazine groups is 2. The summed E-state index contributed by atoms with van der Waals surface area (Å²) in [5, 5.41) is 10.9. The summed E-state index contributed by atoms with van der Waals surface area (Å²) in [5.41, 5.74) is 6.08. The third kappa shape index (κ3) is 10.0. The second kappa shape index (κ2) is 19.6. The van der Waals surface area contributed by atoms with Gasteiger partial charge in [0.05, 0.1) is 0 Å². The Morgan fingerprint density at radius 3 is 1.58 bits per heavy atom. The van der Waals surface area contributed by atoms with Crippen molar-refractivity contribution in [1.82, 2.24) is 15.4 Å². The van der Waals surface area contributed by atoms with Gasteiger partial charge in [0.25, 0.3) is 11.1 Å². The summed E-state index contributed by atoms with van der Waals surface area (Å²) in [6.45, 7) is 13.4. The average molecular weight is 831 g/mol. The van der Waals surface area contributed by atoms with Gasteiger partial charge in [0.1, 0.15) is 26.4 Å². The predicted molar refractivity (Wildman–Crippen MR) is 229 cm³/mol. The van der Waals surface area contributed by atoms with Crippen molar-refractivity contribution in [2.75, 3.05) is 26.4 Å². The van der Waals surface area contributed by atoms with Crippen LogP contribution in [0.4, 0.5) is 0 Å². The van der Waals surface area contributed by atoms with Gasteiger partial charge >= 0.3 is 0 Å². The second-order valence-corrected chi connectivity index (χ2v) is 14.3. The minimum Gasteiger partial charge on any atom is -0.486 e. The Hall–Kier alpha value is -5.99. The molecule has 1 amide bonds. The van der Waals surface area contributed by atoms with Gasteiger partial charge in [-0.1, -0.05) is 99.7 Å². The van der Waals surface area contributed by atoms with Gasteiger partial charge in [-0.15, -0.1) is 0 Å². The molecule has 4 aliphatic heterocycles. The number of nitrogens with one attached hydrogen (secondary N) is 1. The Kier molecular flexibility index (Phi) is 15.2. The first-order valence-corrected chi connectivity index (χ1v) is 19.1. The number of oxime groups is 2. The maximum atomic E-state index is 13.2. The summed E-state index contributed by atoms with van der Waals surface area (Å²) in [7, 11) is 0. The van der Waals surface area contributed by atoms with Crippen LogP contribution >= 0.6 is 11.6 Å². The number of nitrogens with zero attached hydrogens (tertiary/aromatic N) is 4. The lowest BCUT2D eigenvalue weighted by Gasteiger charge is -2.31. The molecule has 0 aromatic heterocycles. The fourth-order valence-corrected chi connectivity index (χ4v) is 6.51. The molecule has 15 heteroatoms. The van der Waals surface area contributed by atoms with Crippen LogP contribution in [0.3, 0.4) is 0 Å². The van der Waals surface area contributed by atoms with E-state index in [0.717, 1.165) is 22.3 Å². The first-order valence-electron chi connectivity index (χ1n) is 18.7. The molecule has 4 aromatic carbocycles. The molecule has 4 aliphatic rings. The summed E-state index contributed by atoms with van der Waals surface area (Å²) in [6, 6.07) is 26.3. The highest BCUT2D eigenvalue weighted by molar-refractivity contribution is 6.68. The van der Waals surface area contributed by atoms with Crippen molar-refractivity contribution in [3.63, 3.8) is 0 Å². The molecule has 0 bridgehead atoms. The molecule has 8 rings (SSSR count). The van der Waals surface area contributed by atoms with E-state index in [9.17, 15) is 9.59 Å². The highest BCUT2D eigenvalue weighted by atomic mass is 35.5. The molecular weight excluding hydrogens is 776 g/mol. The number of hydrogen-bond donors (Lipinski definition) is 2. The molecule has 59 heavy (non-hydrogen) atoms. The molecule has 0 saturated heterocycles. The fraction of sp³-hybridized carbons (Fsp3) is 0.364. The summed E-state index contributed by atoms with van der Waals surface area (Å²) in [4.78, 5) is 35.1. The number of fused-ring (bicyclic) bond motifs is 2. The standard InChI is InChI=1S/C21H23N3O4.C11H11ClO3.C10H13N3O.2CH4/c1-4-15-16(10-11-17-18(15)27-13-12-26-17)20(25)22-24-19(23-28-21(24,2)3)14-8-6-5-7-9-14;1-2-7-8(11(12)13)3-4-9-10(7)15-6-5-14-9;1-10(2)13(11)9(12-14-10)8-6-4-3-5-7-8;;/h5-11H,4,12-13H2,1-3H3,(H,22,25);3-4H,2,5-6H2,1H3;3-7H,11H2,1-2H3;2*1H4. The molecule has 0 aliphatic carbocycles. The van der Waals surface area contributed by atoms with Crippen LogP contribution in [0, 0.1) is 0 Å². The zero-order valence-electron chi connectivity index (χ0n) is 32.8. The molecule has 0 spiro atoms. The Morgan fingerprint density at radius 2 is 1.10 bits per heavy atom. The Balaban J connectivity index is 0.000000210. The minimum atomic E-state index is -0.818. The van der Waals surface area contributed by atoms with E-state index in [-0.39, 0.29) is 20.8 Å². The Labute approximate surface area is 351 Å². The number of ether oxygens (including phenoxy) is 4. The number of rotatable bonds is 7. The van der Waals surface area contributed by atoms with E-state index in [1.165, 1.54) is 5.01 Å². The summed E-state index contributed by atoms with van der Waals surface area (Å²) < 4.78 is 22.3. The highest BCUT2D eigenvalue weighted by Gasteiger charge is 2.40.